The first-order valence-electron chi connectivity index (χ1n) is 7.18. The van der Waals surface area contributed by atoms with Crippen LogP contribution in [0.4, 0.5) is 16.2 Å². The number of anilines is 2. The third-order valence-electron chi connectivity index (χ3n) is 3.35. The summed E-state index contributed by atoms with van der Waals surface area (Å²) >= 11 is 0. The zero-order valence-corrected chi connectivity index (χ0v) is 13.0. The van der Waals surface area contributed by atoms with E-state index in [1.807, 2.05) is 29.8 Å². The molecule has 0 saturated heterocycles. The summed E-state index contributed by atoms with van der Waals surface area (Å²) in [5.41, 5.74) is 3.17. The largest absolute Gasteiger partial charge is 0.383 e. The van der Waals surface area contributed by atoms with E-state index in [1.54, 1.807) is 30.4 Å². The molecule has 0 aliphatic heterocycles. The summed E-state index contributed by atoms with van der Waals surface area (Å²) < 4.78 is 8.56. The maximum atomic E-state index is 12.1. The van der Waals surface area contributed by atoms with Crippen LogP contribution in [0.15, 0.2) is 37.1 Å². The molecule has 0 saturated carbocycles. The van der Waals surface area contributed by atoms with Crippen molar-refractivity contribution in [3.8, 4) is 0 Å². The molecule has 0 atom stereocenters. The third kappa shape index (κ3) is 3.49. The second-order valence-corrected chi connectivity index (χ2v) is 5.13. The van der Waals surface area contributed by atoms with Gasteiger partial charge in [-0.2, -0.15) is 5.10 Å². The van der Waals surface area contributed by atoms with E-state index in [-0.39, 0.29) is 6.03 Å². The first kappa shape index (κ1) is 15.0. The minimum absolute atomic E-state index is 0.324. The van der Waals surface area contributed by atoms with Gasteiger partial charge in [-0.25, -0.2) is 9.78 Å². The van der Waals surface area contributed by atoms with Gasteiger partial charge in [0.05, 0.1) is 30.7 Å². The quantitative estimate of drug-likeness (QED) is 0.755. The predicted molar refractivity (Wildman–Crippen MR) is 86.7 cm³/mol. The van der Waals surface area contributed by atoms with Crippen LogP contribution in [0, 0.1) is 6.92 Å². The van der Waals surface area contributed by atoms with Gasteiger partial charge in [-0.05, 0) is 18.6 Å². The van der Waals surface area contributed by atoms with E-state index in [9.17, 15) is 4.79 Å². The van der Waals surface area contributed by atoms with Gasteiger partial charge in [0.15, 0.2) is 0 Å². The standard InChI is InChI=1S/C15H18N6O2/c1-11-7-12(9-20-4-3-16-14(11)20)18-15(22)19-13-8-17-21(10-13)5-6-23-2/h3-4,7-10H,5-6H2,1-2H3,(H2,18,19,22). The zero-order chi connectivity index (χ0) is 16.2. The number of hydrogen-bond acceptors (Lipinski definition) is 4. The third-order valence-corrected chi connectivity index (χ3v) is 3.35. The number of pyridine rings is 1. The Hall–Kier alpha value is -2.87. The monoisotopic (exact) mass is 314 g/mol. The van der Waals surface area contributed by atoms with Gasteiger partial charge in [0.25, 0.3) is 0 Å². The molecule has 3 rings (SSSR count). The number of aromatic nitrogens is 4. The molecule has 0 radical (unpaired) electrons. The number of ether oxygens (including phenoxy) is 1. The summed E-state index contributed by atoms with van der Waals surface area (Å²) in [7, 11) is 1.63. The molecule has 2 N–H and O–H groups in total. The number of nitrogens with zero attached hydrogens (tertiary/aromatic N) is 4. The van der Waals surface area contributed by atoms with Crippen molar-refractivity contribution in [2.75, 3.05) is 24.4 Å². The van der Waals surface area contributed by atoms with E-state index in [4.69, 9.17) is 4.74 Å². The van der Waals surface area contributed by atoms with Crippen LogP contribution < -0.4 is 10.6 Å². The highest BCUT2D eigenvalue weighted by Gasteiger charge is 2.07. The second-order valence-electron chi connectivity index (χ2n) is 5.13. The van der Waals surface area contributed by atoms with Crippen LogP contribution in [0.25, 0.3) is 5.65 Å². The minimum atomic E-state index is -0.324. The molecule has 0 aliphatic carbocycles. The smallest absolute Gasteiger partial charge is 0.323 e. The topological polar surface area (TPSA) is 85.5 Å². The van der Waals surface area contributed by atoms with Gasteiger partial charge in [-0.15, -0.1) is 0 Å². The van der Waals surface area contributed by atoms with Gasteiger partial charge in [0, 0.05) is 31.9 Å². The van der Waals surface area contributed by atoms with Crippen molar-refractivity contribution in [1.29, 1.82) is 0 Å². The van der Waals surface area contributed by atoms with Gasteiger partial charge >= 0.3 is 6.03 Å². The summed E-state index contributed by atoms with van der Waals surface area (Å²) in [4.78, 5) is 16.3. The molecule has 0 aromatic carbocycles. The Labute approximate surface area is 133 Å². The molecule has 3 aromatic rings. The lowest BCUT2D eigenvalue weighted by molar-refractivity contribution is 0.183. The Morgan fingerprint density at radius 1 is 1.30 bits per heavy atom. The number of carbonyl (C=O) groups excluding carboxylic acids is 1. The van der Waals surface area contributed by atoms with Crippen molar-refractivity contribution in [3.63, 3.8) is 0 Å². The zero-order valence-electron chi connectivity index (χ0n) is 13.0. The van der Waals surface area contributed by atoms with Gasteiger partial charge < -0.3 is 19.8 Å². The minimum Gasteiger partial charge on any atom is -0.383 e. The number of amides is 2. The van der Waals surface area contributed by atoms with Crippen molar-refractivity contribution in [2.45, 2.75) is 13.5 Å². The lowest BCUT2D eigenvalue weighted by atomic mass is 10.3. The highest BCUT2D eigenvalue weighted by Crippen LogP contribution is 2.15. The van der Waals surface area contributed by atoms with Crippen LogP contribution in [0.3, 0.4) is 0 Å². The number of nitrogens with one attached hydrogen (secondary N) is 2. The molecule has 0 fully saturated rings. The van der Waals surface area contributed by atoms with E-state index in [2.05, 4.69) is 20.7 Å². The van der Waals surface area contributed by atoms with Crippen molar-refractivity contribution in [2.24, 2.45) is 0 Å². The van der Waals surface area contributed by atoms with E-state index >= 15 is 0 Å². The number of hydrogen-bond donors (Lipinski definition) is 2. The van der Waals surface area contributed by atoms with Crippen molar-refractivity contribution in [3.05, 3.63) is 42.6 Å². The normalized spacial score (nSPS) is 10.9. The first-order valence-corrected chi connectivity index (χ1v) is 7.18. The number of methoxy groups -OCH3 is 1. The molecule has 0 aliphatic rings. The van der Waals surface area contributed by atoms with E-state index in [1.165, 1.54) is 0 Å². The fourth-order valence-corrected chi connectivity index (χ4v) is 2.30. The Morgan fingerprint density at radius 3 is 2.96 bits per heavy atom. The van der Waals surface area contributed by atoms with Crippen LogP contribution in [0.1, 0.15) is 5.56 Å². The van der Waals surface area contributed by atoms with E-state index in [0.29, 0.717) is 24.5 Å². The van der Waals surface area contributed by atoms with Gasteiger partial charge in [-0.3, -0.25) is 4.68 Å². The van der Waals surface area contributed by atoms with Crippen molar-refractivity contribution >= 4 is 23.1 Å². The first-order chi connectivity index (χ1) is 11.2. The SMILES string of the molecule is COCCn1cc(NC(=O)Nc2cc(C)c3nccn3c2)cn1. The summed E-state index contributed by atoms with van der Waals surface area (Å²) in [5.74, 6) is 0. The maximum absolute atomic E-state index is 12.1. The van der Waals surface area contributed by atoms with Crippen molar-refractivity contribution in [1.82, 2.24) is 19.2 Å². The average molecular weight is 314 g/mol. The van der Waals surface area contributed by atoms with E-state index in [0.717, 1.165) is 11.2 Å². The average Bonchev–Trinajstić information content (AvgIpc) is 3.14. The number of imidazole rings is 1. The molecule has 23 heavy (non-hydrogen) atoms. The molecule has 2 amide bonds. The highest BCUT2D eigenvalue weighted by atomic mass is 16.5. The van der Waals surface area contributed by atoms with Crippen LogP contribution in [0.2, 0.25) is 0 Å². The Morgan fingerprint density at radius 2 is 2.13 bits per heavy atom. The van der Waals surface area contributed by atoms with Gasteiger partial charge in [0.2, 0.25) is 0 Å². The lowest BCUT2D eigenvalue weighted by Crippen LogP contribution is -2.19. The summed E-state index contributed by atoms with van der Waals surface area (Å²) in [6.45, 7) is 3.15. The van der Waals surface area contributed by atoms with Crippen LogP contribution >= 0.6 is 0 Å². The fourth-order valence-electron chi connectivity index (χ4n) is 2.30. The Kier molecular flexibility index (Phi) is 4.24. The molecule has 0 bridgehead atoms. The van der Waals surface area contributed by atoms with Crippen LogP contribution in [-0.2, 0) is 11.3 Å². The number of carbonyl (C=O) groups is 1. The molecule has 3 heterocycles. The van der Waals surface area contributed by atoms with Crippen LogP contribution in [0.5, 0.6) is 0 Å². The Balaban J connectivity index is 1.65. The van der Waals surface area contributed by atoms with Gasteiger partial charge in [0.1, 0.15) is 5.65 Å². The number of rotatable bonds is 5. The highest BCUT2D eigenvalue weighted by molar-refractivity contribution is 5.99. The molecule has 3 aromatic heterocycles. The fraction of sp³-hybridized carbons (Fsp3) is 0.267. The summed E-state index contributed by atoms with van der Waals surface area (Å²) in [6.07, 6.45) is 8.73. The number of fused-ring (bicyclic) bond motifs is 1. The molecular weight excluding hydrogens is 296 g/mol. The molecule has 0 spiro atoms. The maximum Gasteiger partial charge on any atom is 0.323 e. The lowest BCUT2D eigenvalue weighted by Gasteiger charge is -2.08. The van der Waals surface area contributed by atoms with Gasteiger partial charge in [-0.1, -0.05) is 0 Å². The van der Waals surface area contributed by atoms with Crippen LogP contribution in [-0.4, -0.2) is 38.9 Å². The molecule has 120 valence electrons. The second kappa shape index (κ2) is 6.49. The number of aryl methyl sites for hydroxylation is 1. The molecule has 8 heteroatoms. The molecule has 8 nitrogen and oxygen atoms in total. The predicted octanol–water partition coefficient (Wildman–Crippen LogP) is 2.13. The van der Waals surface area contributed by atoms with Crippen molar-refractivity contribution < 1.29 is 9.53 Å². The summed E-state index contributed by atoms with van der Waals surface area (Å²) in [6, 6.07) is 1.55. The number of urea groups is 1. The molecule has 0 unspecified atom stereocenters. The summed E-state index contributed by atoms with van der Waals surface area (Å²) in [5, 5.41) is 9.70. The van der Waals surface area contributed by atoms with E-state index < -0.39 is 0 Å². The Bertz CT molecular complexity index is 822. The molecular formula is C15H18N6O2.